The summed E-state index contributed by atoms with van der Waals surface area (Å²) in [7, 11) is -1.89. The van der Waals surface area contributed by atoms with E-state index in [2.05, 4.69) is 33.5 Å². The summed E-state index contributed by atoms with van der Waals surface area (Å²) < 4.78 is 30.8. The van der Waals surface area contributed by atoms with Crippen LogP contribution in [0.3, 0.4) is 0 Å². The molecule has 1 aliphatic carbocycles. The highest BCUT2D eigenvalue weighted by Gasteiger charge is 2.48. The zero-order valence-corrected chi connectivity index (χ0v) is 20.8. The molecule has 11 heteroatoms. The van der Waals surface area contributed by atoms with Gasteiger partial charge in [-0.05, 0) is 49.1 Å². The Labute approximate surface area is 205 Å². The number of nitrogens with zero attached hydrogens (tertiary/aromatic N) is 4. The van der Waals surface area contributed by atoms with Crippen molar-refractivity contribution in [2.45, 2.75) is 48.6 Å². The fourth-order valence-corrected chi connectivity index (χ4v) is 6.06. The van der Waals surface area contributed by atoms with E-state index in [4.69, 9.17) is 16.7 Å². The molecule has 33 heavy (non-hydrogen) atoms. The van der Waals surface area contributed by atoms with Crippen LogP contribution in [-0.2, 0) is 35.5 Å². The van der Waals surface area contributed by atoms with Crippen LogP contribution in [0.5, 0.6) is 0 Å². The molecule has 0 bridgehead atoms. The number of aryl methyl sites for hydroxylation is 1. The van der Waals surface area contributed by atoms with Crippen molar-refractivity contribution in [3.63, 3.8) is 0 Å². The SMILES string of the molecule is Cl.Cn1cc(S(=O)(=O)NCCn2cc3c(n2)C(C2(c4ccc(Cl)cc4)CCC2)NCC3)cn1. The molecule has 0 saturated heterocycles. The molecule has 0 radical (unpaired) electrons. The van der Waals surface area contributed by atoms with E-state index in [0.717, 1.165) is 36.5 Å². The zero-order chi connectivity index (χ0) is 22.3. The first-order valence-corrected chi connectivity index (χ1v) is 12.8. The van der Waals surface area contributed by atoms with E-state index in [1.807, 2.05) is 16.8 Å². The second kappa shape index (κ2) is 9.38. The van der Waals surface area contributed by atoms with Crippen molar-refractivity contribution in [2.24, 2.45) is 7.05 Å². The van der Waals surface area contributed by atoms with E-state index in [9.17, 15) is 8.42 Å². The molecule has 0 amide bonds. The van der Waals surface area contributed by atoms with Crippen LogP contribution in [0, 0.1) is 0 Å². The predicted molar refractivity (Wildman–Crippen MR) is 129 cm³/mol. The van der Waals surface area contributed by atoms with Gasteiger partial charge < -0.3 is 5.32 Å². The van der Waals surface area contributed by atoms with Crippen LogP contribution in [0.2, 0.25) is 5.02 Å². The summed E-state index contributed by atoms with van der Waals surface area (Å²) >= 11 is 6.13. The van der Waals surface area contributed by atoms with Gasteiger partial charge in [0.2, 0.25) is 10.0 Å². The Morgan fingerprint density at radius 2 is 2.00 bits per heavy atom. The monoisotopic (exact) mass is 510 g/mol. The van der Waals surface area contributed by atoms with Gasteiger partial charge >= 0.3 is 0 Å². The maximum Gasteiger partial charge on any atom is 0.243 e. The summed E-state index contributed by atoms with van der Waals surface area (Å²) in [6.45, 7) is 1.64. The average molecular weight is 511 g/mol. The Morgan fingerprint density at radius 3 is 2.64 bits per heavy atom. The fraction of sp³-hybridized carbons (Fsp3) is 0.455. The van der Waals surface area contributed by atoms with Crippen LogP contribution in [0.15, 0.2) is 47.8 Å². The number of aromatic nitrogens is 4. The van der Waals surface area contributed by atoms with Gasteiger partial charge in [0.05, 0.1) is 24.5 Å². The molecule has 1 atom stereocenters. The number of hydrogen-bond acceptors (Lipinski definition) is 5. The molecule has 3 aromatic rings. The van der Waals surface area contributed by atoms with Crippen molar-refractivity contribution in [3.8, 4) is 0 Å². The van der Waals surface area contributed by atoms with Crippen molar-refractivity contribution < 1.29 is 8.42 Å². The molecule has 2 aliphatic rings. The minimum atomic E-state index is -3.58. The topological polar surface area (TPSA) is 93.8 Å². The van der Waals surface area contributed by atoms with Crippen molar-refractivity contribution in [1.82, 2.24) is 29.6 Å². The van der Waals surface area contributed by atoms with Gasteiger partial charge in [-0.15, -0.1) is 12.4 Å². The number of rotatable bonds is 7. The molecule has 1 saturated carbocycles. The third-order valence-electron chi connectivity index (χ3n) is 6.73. The van der Waals surface area contributed by atoms with Crippen LogP contribution in [0.1, 0.15) is 42.1 Å². The van der Waals surface area contributed by atoms with Gasteiger partial charge in [-0.25, -0.2) is 13.1 Å². The highest BCUT2D eigenvalue weighted by Crippen LogP contribution is 2.53. The average Bonchev–Trinajstić information content (AvgIpc) is 3.35. The fourth-order valence-electron chi connectivity index (χ4n) is 4.93. The summed E-state index contributed by atoms with van der Waals surface area (Å²) in [6.07, 6.45) is 9.25. The van der Waals surface area contributed by atoms with Gasteiger partial charge in [0.1, 0.15) is 4.90 Å². The van der Waals surface area contributed by atoms with Crippen LogP contribution >= 0.6 is 24.0 Å². The first kappa shape index (κ1) is 24.2. The number of halogens is 2. The number of nitrogens with one attached hydrogen (secondary N) is 2. The molecule has 2 N–H and O–H groups in total. The smallest absolute Gasteiger partial charge is 0.243 e. The molecule has 2 aromatic heterocycles. The van der Waals surface area contributed by atoms with E-state index >= 15 is 0 Å². The lowest BCUT2D eigenvalue weighted by Crippen LogP contribution is -2.49. The van der Waals surface area contributed by atoms with Crippen molar-refractivity contribution in [2.75, 3.05) is 13.1 Å². The minimum Gasteiger partial charge on any atom is -0.307 e. The summed E-state index contributed by atoms with van der Waals surface area (Å²) in [4.78, 5) is 0.166. The van der Waals surface area contributed by atoms with E-state index in [1.165, 1.54) is 34.6 Å². The second-order valence-corrected chi connectivity index (χ2v) is 10.9. The van der Waals surface area contributed by atoms with Crippen molar-refractivity contribution >= 4 is 34.0 Å². The zero-order valence-electron chi connectivity index (χ0n) is 18.4. The summed E-state index contributed by atoms with van der Waals surface area (Å²) in [5, 5.41) is 13.3. The van der Waals surface area contributed by atoms with Crippen molar-refractivity contribution in [1.29, 1.82) is 0 Å². The lowest BCUT2D eigenvalue weighted by molar-refractivity contribution is 0.161. The molecular formula is C22H28Cl2N6O2S. The van der Waals surface area contributed by atoms with Crippen LogP contribution in [-0.4, -0.2) is 41.1 Å². The molecule has 3 heterocycles. The predicted octanol–water partition coefficient (Wildman–Crippen LogP) is 2.98. The summed E-state index contributed by atoms with van der Waals surface area (Å²) in [6, 6.07) is 8.36. The molecule has 178 valence electrons. The van der Waals surface area contributed by atoms with E-state index in [-0.39, 0.29) is 35.3 Å². The molecule has 1 aromatic carbocycles. The molecule has 1 aliphatic heterocycles. The van der Waals surface area contributed by atoms with Gasteiger partial charge in [0.15, 0.2) is 0 Å². The van der Waals surface area contributed by atoms with Crippen LogP contribution in [0.4, 0.5) is 0 Å². The Balaban J connectivity index is 0.00000259. The lowest BCUT2D eigenvalue weighted by atomic mass is 9.58. The van der Waals surface area contributed by atoms with E-state index < -0.39 is 10.0 Å². The number of benzene rings is 1. The largest absolute Gasteiger partial charge is 0.307 e. The highest BCUT2D eigenvalue weighted by atomic mass is 35.5. The Kier molecular flexibility index (Phi) is 6.89. The molecule has 0 spiro atoms. The standard InChI is InChI=1S/C22H27ClN6O2S.ClH/c1-28-15-19(13-25-28)32(30,31)26-11-12-29-14-16-7-10-24-21(20(16)27-29)22(8-2-9-22)17-3-5-18(23)6-4-17;/h3-6,13-15,21,24,26H,2,7-12H2,1H3;1H. The Morgan fingerprint density at radius 1 is 1.24 bits per heavy atom. The first-order chi connectivity index (χ1) is 15.4. The van der Waals surface area contributed by atoms with Crippen molar-refractivity contribution in [3.05, 3.63) is 64.7 Å². The second-order valence-electron chi connectivity index (χ2n) is 8.70. The van der Waals surface area contributed by atoms with Gasteiger partial charge in [0, 0.05) is 36.4 Å². The Hall–Kier alpha value is -1.91. The summed E-state index contributed by atoms with van der Waals surface area (Å²) in [5.41, 5.74) is 3.66. The van der Waals surface area contributed by atoms with Gasteiger partial charge in [0.25, 0.3) is 0 Å². The van der Waals surface area contributed by atoms with Gasteiger partial charge in [-0.3, -0.25) is 9.36 Å². The molecular weight excluding hydrogens is 483 g/mol. The molecule has 1 unspecified atom stereocenters. The highest BCUT2D eigenvalue weighted by molar-refractivity contribution is 7.89. The lowest BCUT2D eigenvalue weighted by Gasteiger charge is -2.49. The van der Waals surface area contributed by atoms with E-state index in [0.29, 0.717) is 6.54 Å². The Bertz CT molecular complexity index is 1220. The minimum absolute atomic E-state index is 0. The van der Waals surface area contributed by atoms with E-state index in [1.54, 1.807) is 7.05 Å². The summed E-state index contributed by atoms with van der Waals surface area (Å²) in [5.74, 6) is 0. The van der Waals surface area contributed by atoms with Crippen LogP contribution in [0.25, 0.3) is 0 Å². The maximum absolute atomic E-state index is 12.4. The quantitative estimate of drug-likeness (QED) is 0.509. The first-order valence-electron chi connectivity index (χ1n) is 10.9. The van der Waals surface area contributed by atoms with Gasteiger partial charge in [-0.1, -0.05) is 30.2 Å². The maximum atomic E-state index is 12.4. The third kappa shape index (κ3) is 4.57. The van der Waals surface area contributed by atoms with Gasteiger partial charge in [-0.2, -0.15) is 10.2 Å². The molecule has 5 rings (SSSR count). The number of hydrogen-bond donors (Lipinski definition) is 2. The molecule has 1 fully saturated rings. The number of sulfonamides is 1. The third-order valence-corrected chi connectivity index (χ3v) is 8.40. The normalized spacial score (nSPS) is 19.4. The molecule has 8 nitrogen and oxygen atoms in total. The number of fused-ring (bicyclic) bond motifs is 1. The van der Waals surface area contributed by atoms with Crippen LogP contribution < -0.4 is 10.0 Å².